The van der Waals surface area contributed by atoms with Crippen LogP contribution in [0.2, 0.25) is 0 Å². The van der Waals surface area contributed by atoms with Gasteiger partial charge in [-0.1, -0.05) is 230 Å². The van der Waals surface area contributed by atoms with Gasteiger partial charge in [0.15, 0.2) is 18.9 Å². The van der Waals surface area contributed by atoms with Crippen LogP contribution in [0, 0.1) is 0 Å². The van der Waals surface area contributed by atoms with Gasteiger partial charge in [-0.25, -0.2) is 0 Å². The quantitative estimate of drug-likeness (QED) is 0.0201. The molecule has 3 saturated heterocycles. The Morgan fingerprint density at radius 1 is 0.419 bits per heavy atom. The number of carbonyl (C=O) groups is 1. The zero-order valence-electron chi connectivity index (χ0n) is 53.0. The lowest BCUT2D eigenvalue weighted by atomic mass is 9.96. The molecule has 0 saturated carbocycles. The Labute approximate surface area is 517 Å². The number of unbranched alkanes of at least 4 members (excludes halogenated alkanes) is 32. The fourth-order valence-electron chi connectivity index (χ4n) is 11.6. The standard InChI is InChI=1S/C67H123NO18/c1-3-5-7-9-11-12-13-14-15-16-17-18-19-20-21-22-23-24-25-26-27-28-29-30-31-32-33-34-35-36-37-38-39-41-43-45-55(73)68-50(51(72)44-42-40-10-8-6-4-2)49-81-65-61(79)58(76)63(53(47-70)83-65)86-67-62(80)59(77)64(54(48-71)84-67)85-66-60(78)57(75)56(74)52(46-69)82-66/h13-14,16-17,42,44,50-54,56-67,69-72,74-80H,3-12,15,18-41,43,45-49H2,1-2H3,(H,68,73)/b14-13-,17-16-,44-42+. The van der Waals surface area contributed by atoms with Crippen LogP contribution in [-0.2, 0) is 33.2 Å². The van der Waals surface area contributed by atoms with Crippen molar-refractivity contribution in [1.29, 1.82) is 0 Å². The van der Waals surface area contributed by atoms with Gasteiger partial charge in [-0.15, -0.1) is 0 Å². The van der Waals surface area contributed by atoms with Gasteiger partial charge in [0.1, 0.15) is 73.2 Å². The summed E-state index contributed by atoms with van der Waals surface area (Å²) in [6.07, 6.45) is 30.8. The summed E-state index contributed by atoms with van der Waals surface area (Å²) in [6.45, 7) is 1.63. The third kappa shape index (κ3) is 31.8. The molecule has 1 amide bonds. The van der Waals surface area contributed by atoms with E-state index in [1.165, 1.54) is 167 Å². The maximum atomic E-state index is 13.3. The molecular weight excluding hydrogens is 1110 g/mol. The second-order valence-corrected chi connectivity index (χ2v) is 24.6. The van der Waals surface area contributed by atoms with Crippen molar-refractivity contribution in [1.82, 2.24) is 5.32 Å². The molecule has 0 aromatic rings. The highest BCUT2D eigenvalue weighted by Crippen LogP contribution is 2.33. The molecule has 0 aromatic heterocycles. The van der Waals surface area contributed by atoms with Crippen molar-refractivity contribution in [2.75, 3.05) is 26.4 Å². The monoisotopic (exact) mass is 1230 g/mol. The fraction of sp³-hybridized carbons (Fsp3) is 0.896. The molecule has 0 radical (unpaired) electrons. The lowest BCUT2D eigenvalue weighted by molar-refractivity contribution is -0.379. The smallest absolute Gasteiger partial charge is 0.220 e. The molecule has 17 atom stereocenters. The second kappa shape index (κ2) is 49.7. The summed E-state index contributed by atoms with van der Waals surface area (Å²) in [4.78, 5) is 13.3. The summed E-state index contributed by atoms with van der Waals surface area (Å²) in [7, 11) is 0. The highest BCUT2D eigenvalue weighted by Gasteiger charge is 2.53. The first kappa shape index (κ1) is 78.3. The normalized spacial score (nSPS) is 29.0. The molecule has 504 valence electrons. The highest BCUT2D eigenvalue weighted by molar-refractivity contribution is 5.76. The van der Waals surface area contributed by atoms with Gasteiger partial charge in [-0.2, -0.15) is 0 Å². The Morgan fingerprint density at radius 3 is 1.20 bits per heavy atom. The third-order valence-corrected chi connectivity index (χ3v) is 17.2. The molecule has 0 spiro atoms. The van der Waals surface area contributed by atoms with E-state index in [-0.39, 0.29) is 18.9 Å². The van der Waals surface area contributed by atoms with Crippen LogP contribution >= 0.6 is 0 Å². The average molecular weight is 1230 g/mol. The summed E-state index contributed by atoms with van der Waals surface area (Å²) < 4.78 is 34.1. The number of hydrogen-bond acceptors (Lipinski definition) is 18. The Morgan fingerprint density at radius 2 is 0.767 bits per heavy atom. The predicted molar refractivity (Wildman–Crippen MR) is 333 cm³/mol. The number of rotatable bonds is 52. The minimum absolute atomic E-state index is 0.245. The van der Waals surface area contributed by atoms with Crippen LogP contribution in [0.1, 0.15) is 251 Å². The third-order valence-electron chi connectivity index (χ3n) is 17.2. The summed E-state index contributed by atoms with van der Waals surface area (Å²) in [5.41, 5.74) is 0. The minimum Gasteiger partial charge on any atom is -0.394 e. The minimum atomic E-state index is -1.98. The Kier molecular flexibility index (Phi) is 45.2. The molecule has 12 N–H and O–H groups in total. The number of ether oxygens (including phenoxy) is 6. The number of nitrogens with one attached hydrogen (secondary N) is 1. The van der Waals surface area contributed by atoms with E-state index in [0.29, 0.717) is 6.42 Å². The van der Waals surface area contributed by atoms with Gasteiger partial charge in [0.05, 0.1) is 38.6 Å². The lowest BCUT2D eigenvalue weighted by Gasteiger charge is -2.48. The van der Waals surface area contributed by atoms with E-state index >= 15 is 0 Å². The van der Waals surface area contributed by atoms with Crippen LogP contribution < -0.4 is 5.32 Å². The van der Waals surface area contributed by atoms with Crippen LogP contribution in [0.25, 0.3) is 0 Å². The van der Waals surface area contributed by atoms with Crippen LogP contribution in [0.15, 0.2) is 36.5 Å². The van der Waals surface area contributed by atoms with Gasteiger partial charge >= 0.3 is 0 Å². The maximum Gasteiger partial charge on any atom is 0.220 e. The van der Waals surface area contributed by atoms with Crippen molar-refractivity contribution in [2.45, 2.75) is 356 Å². The zero-order chi connectivity index (χ0) is 62.6. The summed E-state index contributed by atoms with van der Waals surface area (Å²) >= 11 is 0. The average Bonchev–Trinajstić information content (AvgIpc) is 1.41. The topological polar surface area (TPSA) is 307 Å². The van der Waals surface area contributed by atoms with Gasteiger partial charge in [-0.3, -0.25) is 4.79 Å². The Bertz CT molecular complexity index is 1710. The molecule has 86 heavy (non-hydrogen) atoms. The number of allylic oxidation sites excluding steroid dienone is 5. The Hall–Kier alpha value is -1.99. The number of amides is 1. The molecule has 3 aliphatic rings. The molecule has 3 aliphatic heterocycles. The van der Waals surface area contributed by atoms with E-state index in [2.05, 4.69) is 43.5 Å². The molecular formula is C67H123NO18. The second-order valence-electron chi connectivity index (χ2n) is 24.6. The van der Waals surface area contributed by atoms with Crippen molar-refractivity contribution in [3.63, 3.8) is 0 Å². The predicted octanol–water partition coefficient (Wildman–Crippen LogP) is 8.44. The van der Waals surface area contributed by atoms with E-state index in [9.17, 15) is 61.0 Å². The molecule has 0 bridgehead atoms. The van der Waals surface area contributed by atoms with Crippen molar-refractivity contribution < 1.29 is 89.4 Å². The first-order chi connectivity index (χ1) is 41.8. The summed E-state index contributed by atoms with van der Waals surface area (Å²) in [5, 5.41) is 120. The molecule has 19 nitrogen and oxygen atoms in total. The lowest BCUT2D eigenvalue weighted by Crippen LogP contribution is -2.66. The van der Waals surface area contributed by atoms with E-state index in [1.54, 1.807) is 6.08 Å². The van der Waals surface area contributed by atoms with Crippen LogP contribution in [-0.4, -0.2) is 193 Å². The van der Waals surface area contributed by atoms with E-state index in [0.717, 1.165) is 57.8 Å². The van der Waals surface area contributed by atoms with Crippen LogP contribution in [0.3, 0.4) is 0 Å². The molecule has 0 aliphatic carbocycles. The SMILES string of the molecule is CCCCCC/C=C/C(O)C(COC1OC(CO)C(OC2OC(CO)C(OC3OC(CO)C(O)C(O)C3O)C(O)C2O)C(O)C1O)NC(=O)CCCCCCCCCCCCCCCCCCCCCCCCC/C=C\C/C=C\CCCCCCC. The zero-order valence-corrected chi connectivity index (χ0v) is 53.0. The first-order valence-corrected chi connectivity index (χ1v) is 34.2. The number of hydrogen-bond donors (Lipinski definition) is 12. The maximum absolute atomic E-state index is 13.3. The number of aliphatic hydroxyl groups is 11. The highest BCUT2D eigenvalue weighted by atomic mass is 16.8. The molecule has 3 heterocycles. The first-order valence-electron chi connectivity index (χ1n) is 34.2. The fourth-order valence-corrected chi connectivity index (χ4v) is 11.6. The molecule has 3 rings (SSSR count). The van der Waals surface area contributed by atoms with Crippen LogP contribution in [0.5, 0.6) is 0 Å². The van der Waals surface area contributed by atoms with Crippen molar-refractivity contribution in [3.8, 4) is 0 Å². The van der Waals surface area contributed by atoms with Gasteiger partial charge in [-0.05, 0) is 51.4 Å². The van der Waals surface area contributed by atoms with E-state index in [1.807, 2.05) is 6.08 Å². The van der Waals surface area contributed by atoms with E-state index < -0.39 is 124 Å². The van der Waals surface area contributed by atoms with E-state index in [4.69, 9.17) is 28.4 Å². The van der Waals surface area contributed by atoms with Gasteiger partial charge in [0, 0.05) is 6.42 Å². The summed E-state index contributed by atoms with van der Waals surface area (Å²) in [6, 6.07) is -0.967. The molecule has 0 aromatic carbocycles. The van der Waals surface area contributed by atoms with Gasteiger partial charge in [0.25, 0.3) is 0 Å². The Balaban J connectivity index is 1.26. The number of carbonyl (C=O) groups excluding carboxylic acids is 1. The van der Waals surface area contributed by atoms with Gasteiger partial charge < -0.3 is 89.9 Å². The molecule has 19 heteroatoms. The van der Waals surface area contributed by atoms with Crippen LogP contribution in [0.4, 0.5) is 0 Å². The largest absolute Gasteiger partial charge is 0.394 e. The van der Waals surface area contributed by atoms with Crippen molar-refractivity contribution in [2.24, 2.45) is 0 Å². The van der Waals surface area contributed by atoms with Gasteiger partial charge in [0.2, 0.25) is 5.91 Å². The summed E-state index contributed by atoms with van der Waals surface area (Å²) in [5.74, 6) is -0.278. The van der Waals surface area contributed by atoms with Crippen molar-refractivity contribution in [3.05, 3.63) is 36.5 Å². The van der Waals surface area contributed by atoms with Crippen molar-refractivity contribution >= 4 is 5.91 Å². The molecule has 3 fully saturated rings. The number of aliphatic hydroxyl groups excluding tert-OH is 11. The molecule has 17 unspecified atom stereocenters.